The van der Waals surface area contributed by atoms with E-state index >= 15 is 0 Å². The molecule has 0 aromatic rings. The molecule has 67 heavy (non-hydrogen) atoms. The van der Waals surface area contributed by atoms with Gasteiger partial charge in [0.1, 0.15) is 61.0 Å². The van der Waals surface area contributed by atoms with E-state index in [0.717, 1.165) is 0 Å². The van der Waals surface area contributed by atoms with E-state index in [0.29, 0.717) is 6.42 Å². The summed E-state index contributed by atoms with van der Waals surface area (Å²) in [6, 6.07) is 0. The number of hydrogen-bond acceptors (Lipinski definition) is 25. The number of hydrogen-bond donors (Lipinski definition) is 15. The molecule has 0 saturated carbocycles. The average Bonchev–Trinajstić information content (AvgIpc) is 3.32. The molecule has 5 aliphatic heterocycles. The Hall–Kier alpha value is -1.00. The molecule has 5 aliphatic rings. The van der Waals surface area contributed by atoms with Crippen molar-refractivity contribution in [3.05, 3.63) is 0 Å². The maximum atomic E-state index is 11.1. The monoisotopic (exact) mass is 980 g/mol. The minimum atomic E-state index is -1.57. The Labute approximate surface area is 388 Å². The van der Waals surface area contributed by atoms with Gasteiger partial charge in [0.15, 0.2) is 0 Å². The fourth-order valence-corrected chi connectivity index (χ4v) is 9.85. The molecule has 0 aliphatic carbocycles. The van der Waals surface area contributed by atoms with Gasteiger partial charge < -0.3 is 124 Å². The molecular formula is C42H76O25. The van der Waals surface area contributed by atoms with Gasteiger partial charge in [0.25, 0.3) is 0 Å². The fourth-order valence-electron chi connectivity index (χ4n) is 9.85. The van der Waals surface area contributed by atoms with Crippen molar-refractivity contribution >= 4 is 0 Å². The van der Waals surface area contributed by atoms with E-state index in [1.54, 1.807) is 6.92 Å². The molecule has 0 radical (unpaired) electrons. The van der Waals surface area contributed by atoms with E-state index in [-0.39, 0.29) is 66.1 Å². The second-order valence-corrected chi connectivity index (χ2v) is 18.2. The number of methoxy groups -OCH3 is 1. The van der Waals surface area contributed by atoms with Gasteiger partial charge in [-0.3, -0.25) is 0 Å². The Bertz CT molecular complexity index is 1380. The Morgan fingerprint density at radius 2 is 0.493 bits per heavy atom. The van der Waals surface area contributed by atoms with Crippen LogP contribution in [0, 0.1) is 29.6 Å². The zero-order valence-corrected chi connectivity index (χ0v) is 37.8. The molecule has 25 heteroatoms. The van der Waals surface area contributed by atoms with Gasteiger partial charge in [-0.2, -0.15) is 0 Å². The van der Waals surface area contributed by atoms with E-state index in [9.17, 15) is 76.6 Å². The Morgan fingerprint density at radius 3 is 0.701 bits per heavy atom. The van der Waals surface area contributed by atoms with Crippen LogP contribution >= 0.6 is 0 Å². The van der Waals surface area contributed by atoms with Crippen molar-refractivity contribution in [2.24, 2.45) is 29.6 Å². The third-order valence-electron chi connectivity index (χ3n) is 14.1. The summed E-state index contributed by atoms with van der Waals surface area (Å²) in [4.78, 5) is 0. The molecule has 0 bridgehead atoms. The smallest absolute Gasteiger partial charge is 0.110 e. The van der Waals surface area contributed by atoms with Crippen molar-refractivity contribution in [1.29, 1.82) is 0 Å². The Kier molecular flexibility index (Phi) is 23.1. The van der Waals surface area contributed by atoms with Gasteiger partial charge in [-0.15, -0.1) is 0 Å². The van der Waals surface area contributed by atoms with Crippen LogP contribution in [0.15, 0.2) is 0 Å². The Morgan fingerprint density at radius 1 is 0.284 bits per heavy atom. The van der Waals surface area contributed by atoms with Crippen molar-refractivity contribution in [3.63, 3.8) is 0 Å². The zero-order chi connectivity index (χ0) is 49.1. The standard InChI is InChI=1S/C42H76O25/c1-3-18-23(4-43)63-29(39(54)33(18)48)14-59-10-20-25(6-45)65-31(41(56)35(20)50)16-61-12-22-27(8-47)67-32(42(57)37(22)52)17-62-11-21-26(7-46)66-30(40(55)36(21)51)15-60-9-19-24(5-44)64-28(13-58-2)38(53)34(19)49/h18-57H,3-17H2,1-2H3/t18-,19-,20-,21-,22-,23?,24?,25?,26?,27?,28-,29-,30-,31-,32-,33?,34?,35?,36?,37?,38?,39?,40?,41?,42?/m1/s1. The summed E-state index contributed by atoms with van der Waals surface area (Å²) in [5, 5.41) is 158. The summed E-state index contributed by atoms with van der Waals surface area (Å²) in [5.74, 6) is -4.28. The highest BCUT2D eigenvalue weighted by molar-refractivity contribution is 4.97. The van der Waals surface area contributed by atoms with Crippen LogP contribution in [-0.4, -0.2) is 298 Å². The third kappa shape index (κ3) is 13.5. The van der Waals surface area contributed by atoms with Crippen molar-refractivity contribution in [1.82, 2.24) is 0 Å². The number of rotatable bonds is 24. The van der Waals surface area contributed by atoms with Crippen molar-refractivity contribution in [3.8, 4) is 0 Å². The van der Waals surface area contributed by atoms with Crippen LogP contribution in [0.3, 0.4) is 0 Å². The van der Waals surface area contributed by atoms with Gasteiger partial charge in [-0.05, 0) is 6.42 Å². The molecule has 5 saturated heterocycles. The van der Waals surface area contributed by atoms with Crippen molar-refractivity contribution in [2.75, 3.05) is 99.6 Å². The van der Waals surface area contributed by atoms with E-state index in [1.807, 2.05) is 0 Å². The van der Waals surface area contributed by atoms with Gasteiger partial charge in [-0.25, -0.2) is 0 Å². The van der Waals surface area contributed by atoms with Crippen LogP contribution in [0.25, 0.3) is 0 Å². The van der Waals surface area contributed by atoms with Crippen LogP contribution in [0.4, 0.5) is 0 Å². The number of aliphatic hydroxyl groups is 15. The van der Waals surface area contributed by atoms with Gasteiger partial charge in [0, 0.05) is 36.7 Å². The molecule has 5 rings (SSSR count). The topological polar surface area (TPSA) is 396 Å². The number of ether oxygens (including phenoxy) is 10. The normalized spacial score (nSPS) is 46.4. The Balaban J connectivity index is 1.05. The highest BCUT2D eigenvalue weighted by atomic mass is 16.6. The lowest BCUT2D eigenvalue weighted by molar-refractivity contribution is -0.252. The molecule has 15 N–H and O–H groups in total. The second kappa shape index (κ2) is 27.2. The first-order valence-corrected chi connectivity index (χ1v) is 23.0. The molecule has 0 spiro atoms. The lowest BCUT2D eigenvalue weighted by Crippen LogP contribution is -2.60. The first-order valence-electron chi connectivity index (χ1n) is 23.0. The van der Waals surface area contributed by atoms with Gasteiger partial charge in [-0.1, -0.05) is 6.92 Å². The lowest BCUT2D eigenvalue weighted by Gasteiger charge is -2.44. The van der Waals surface area contributed by atoms with Crippen LogP contribution in [-0.2, 0) is 47.4 Å². The zero-order valence-electron chi connectivity index (χ0n) is 37.8. The number of aliphatic hydroxyl groups excluding tert-OH is 15. The molecule has 5 heterocycles. The SMILES string of the molecule is CC[C@@H]1C(CO)O[C@H](COC[C@@H]2C(CO)O[C@H](COC[C@@H]3C(CO)O[C@H](COC[C@@H]4C(CO)O[C@H](COC[C@@H]5C(CO)O[C@H](COC)C(O)C5O)C(O)C4O)C(O)C3O)C(O)C2O)C(O)C1O. The van der Waals surface area contributed by atoms with Crippen LogP contribution in [0.5, 0.6) is 0 Å². The quantitative estimate of drug-likeness (QED) is 0.0427. The molecule has 25 atom stereocenters. The van der Waals surface area contributed by atoms with Crippen LogP contribution in [0.1, 0.15) is 13.3 Å². The molecule has 0 aromatic heterocycles. The molecular weight excluding hydrogens is 904 g/mol. The minimum Gasteiger partial charge on any atom is -0.394 e. The average molecular weight is 981 g/mol. The van der Waals surface area contributed by atoms with Gasteiger partial charge in [0.2, 0.25) is 0 Å². The van der Waals surface area contributed by atoms with Crippen LogP contribution < -0.4 is 0 Å². The maximum Gasteiger partial charge on any atom is 0.110 e. The van der Waals surface area contributed by atoms with E-state index in [4.69, 9.17) is 47.4 Å². The third-order valence-corrected chi connectivity index (χ3v) is 14.1. The maximum absolute atomic E-state index is 11.1. The first-order chi connectivity index (χ1) is 32.1. The molecule has 0 aromatic carbocycles. The first kappa shape index (κ1) is 56.9. The summed E-state index contributed by atoms with van der Waals surface area (Å²) in [5.41, 5.74) is 0. The molecule has 25 nitrogen and oxygen atoms in total. The molecule has 394 valence electrons. The summed E-state index contributed by atoms with van der Waals surface area (Å²) >= 11 is 0. The summed E-state index contributed by atoms with van der Waals surface area (Å²) < 4.78 is 56.8. The summed E-state index contributed by atoms with van der Waals surface area (Å²) in [7, 11) is 1.40. The van der Waals surface area contributed by atoms with E-state index in [1.165, 1.54) is 7.11 Å². The van der Waals surface area contributed by atoms with E-state index < -0.39 is 178 Å². The van der Waals surface area contributed by atoms with Gasteiger partial charge in [0.05, 0.1) is 154 Å². The van der Waals surface area contributed by atoms with Crippen molar-refractivity contribution in [2.45, 2.75) is 135 Å². The van der Waals surface area contributed by atoms with Crippen molar-refractivity contribution < 1.29 is 124 Å². The van der Waals surface area contributed by atoms with Gasteiger partial charge >= 0.3 is 0 Å². The largest absolute Gasteiger partial charge is 0.394 e. The minimum absolute atomic E-state index is 0.0199. The summed E-state index contributed by atoms with van der Waals surface area (Å²) in [6.07, 6.45) is -24.0. The highest BCUT2D eigenvalue weighted by Gasteiger charge is 2.50. The molecule has 0 amide bonds. The predicted octanol–water partition coefficient (Wildman–Crippen LogP) is -8.40. The van der Waals surface area contributed by atoms with E-state index in [2.05, 4.69) is 0 Å². The molecule has 5 fully saturated rings. The van der Waals surface area contributed by atoms with Crippen LogP contribution in [0.2, 0.25) is 0 Å². The summed E-state index contributed by atoms with van der Waals surface area (Å²) in [6.45, 7) is -3.26. The lowest BCUT2D eigenvalue weighted by atomic mass is 9.85. The predicted molar refractivity (Wildman–Crippen MR) is 222 cm³/mol. The molecule has 15 unspecified atom stereocenters. The highest BCUT2D eigenvalue weighted by Crippen LogP contribution is 2.33. The second-order valence-electron chi connectivity index (χ2n) is 18.2. The fraction of sp³-hybridized carbons (Fsp3) is 1.00.